The lowest BCUT2D eigenvalue weighted by Crippen LogP contribution is -2.43. The number of thiophene rings is 1. The van der Waals surface area contributed by atoms with Crippen molar-refractivity contribution >= 4 is 28.4 Å². The van der Waals surface area contributed by atoms with E-state index in [1.165, 1.54) is 84.3 Å². The predicted molar refractivity (Wildman–Crippen MR) is 140 cm³/mol. The molecule has 0 saturated carbocycles. The Kier molecular flexibility index (Phi) is 6.07. The van der Waals surface area contributed by atoms with E-state index in [-0.39, 0.29) is 6.04 Å². The monoisotopic (exact) mass is 463 g/mol. The highest BCUT2D eigenvalue weighted by molar-refractivity contribution is 7.13. The molecule has 2 aromatic rings. The third-order valence-electron chi connectivity index (χ3n) is 7.81. The van der Waals surface area contributed by atoms with Crippen LogP contribution in [0.4, 0.5) is 11.4 Å². The van der Waals surface area contributed by atoms with E-state index in [2.05, 4.69) is 68.7 Å². The molecule has 176 valence electrons. The summed E-state index contributed by atoms with van der Waals surface area (Å²) in [4.78, 5) is 10.8. The first-order chi connectivity index (χ1) is 16.2. The van der Waals surface area contributed by atoms with Crippen LogP contribution in [-0.2, 0) is 0 Å². The summed E-state index contributed by atoms with van der Waals surface area (Å²) >= 11 is 1.95. The Bertz CT molecular complexity index is 984. The zero-order valence-electron chi connectivity index (χ0n) is 19.9. The minimum atomic E-state index is 0.228. The number of hydrogen-bond donors (Lipinski definition) is 2. The number of nitrogens with one attached hydrogen (secondary N) is 2. The second kappa shape index (κ2) is 9.32. The summed E-state index contributed by atoms with van der Waals surface area (Å²) < 4.78 is 0. The molecule has 3 fully saturated rings. The van der Waals surface area contributed by atoms with Gasteiger partial charge in [0, 0.05) is 55.9 Å². The molecule has 1 aromatic carbocycles. The third kappa shape index (κ3) is 4.41. The topological polar surface area (TPSA) is 33.8 Å². The average Bonchev–Trinajstić information content (AvgIpc) is 3.60. The number of piperazine rings is 1. The van der Waals surface area contributed by atoms with Gasteiger partial charge in [-0.1, -0.05) is 12.1 Å². The van der Waals surface area contributed by atoms with E-state index in [9.17, 15) is 0 Å². The molecule has 0 radical (unpaired) electrons. The molecule has 0 spiro atoms. The van der Waals surface area contributed by atoms with Gasteiger partial charge in [-0.3, -0.25) is 0 Å². The normalized spacial score (nSPS) is 25.8. The van der Waals surface area contributed by atoms with Gasteiger partial charge in [-0.25, -0.2) is 0 Å². The van der Waals surface area contributed by atoms with Gasteiger partial charge >= 0.3 is 0 Å². The quantitative estimate of drug-likeness (QED) is 0.681. The van der Waals surface area contributed by atoms with Gasteiger partial charge in [0.25, 0.3) is 0 Å². The Labute approximate surface area is 202 Å². The van der Waals surface area contributed by atoms with Crippen LogP contribution in [0.25, 0.3) is 5.70 Å². The number of benzene rings is 1. The Morgan fingerprint density at radius 3 is 2.55 bits per heavy atom. The number of rotatable bonds is 5. The van der Waals surface area contributed by atoms with E-state index in [1.807, 2.05) is 11.3 Å². The van der Waals surface area contributed by atoms with Crippen molar-refractivity contribution < 1.29 is 0 Å². The van der Waals surface area contributed by atoms with E-state index >= 15 is 0 Å². The summed E-state index contributed by atoms with van der Waals surface area (Å²) in [7, 11) is 0. The first kappa shape index (κ1) is 21.5. The van der Waals surface area contributed by atoms with Crippen LogP contribution in [0.2, 0.25) is 0 Å². The lowest BCUT2D eigenvalue weighted by atomic mass is 10.00. The molecule has 2 unspecified atom stereocenters. The van der Waals surface area contributed by atoms with Crippen LogP contribution in [0.5, 0.6) is 0 Å². The minimum Gasteiger partial charge on any atom is -0.373 e. The summed E-state index contributed by atoms with van der Waals surface area (Å²) in [6.07, 6.45) is 7.90. The molecular weight excluding hydrogens is 426 g/mol. The molecule has 33 heavy (non-hydrogen) atoms. The van der Waals surface area contributed by atoms with Crippen LogP contribution < -0.4 is 15.5 Å². The van der Waals surface area contributed by atoms with Crippen LogP contribution in [0.15, 0.2) is 36.4 Å². The summed E-state index contributed by atoms with van der Waals surface area (Å²) in [6, 6.07) is 12.5. The van der Waals surface area contributed by atoms with Crippen LogP contribution >= 0.6 is 11.3 Å². The van der Waals surface area contributed by atoms with Gasteiger partial charge in [0.05, 0.1) is 22.3 Å². The Hall–Kier alpha value is -2.02. The zero-order valence-corrected chi connectivity index (χ0v) is 20.7. The van der Waals surface area contributed by atoms with Crippen LogP contribution in [0.1, 0.15) is 47.0 Å². The maximum atomic E-state index is 3.85. The lowest BCUT2D eigenvalue weighted by molar-refractivity contribution is 0.245. The maximum absolute atomic E-state index is 3.85. The van der Waals surface area contributed by atoms with E-state index < -0.39 is 0 Å². The van der Waals surface area contributed by atoms with Crippen LogP contribution in [0, 0.1) is 6.92 Å². The fraction of sp³-hybridized carbons (Fsp3) is 0.556. The minimum absolute atomic E-state index is 0.228. The van der Waals surface area contributed by atoms with Crippen LogP contribution in [-0.4, -0.2) is 68.2 Å². The van der Waals surface area contributed by atoms with E-state index in [1.54, 1.807) is 0 Å². The smallest absolute Gasteiger partial charge is 0.0736 e. The second-order valence-corrected chi connectivity index (χ2v) is 11.4. The van der Waals surface area contributed by atoms with Crippen molar-refractivity contribution in [3.8, 4) is 0 Å². The molecule has 1 aromatic heterocycles. The molecule has 4 aliphatic rings. The fourth-order valence-electron chi connectivity index (χ4n) is 6.08. The van der Waals surface area contributed by atoms with Crippen molar-refractivity contribution in [2.75, 3.05) is 62.6 Å². The van der Waals surface area contributed by atoms with Crippen molar-refractivity contribution in [1.29, 1.82) is 0 Å². The second-order valence-electron chi connectivity index (χ2n) is 10.1. The number of fused-ring (bicyclic) bond motifs is 1. The predicted octanol–water partition coefficient (Wildman–Crippen LogP) is 4.53. The Balaban J connectivity index is 1.27. The molecule has 2 N–H and O–H groups in total. The fourth-order valence-corrected chi connectivity index (χ4v) is 7.10. The molecule has 0 amide bonds. The van der Waals surface area contributed by atoms with Gasteiger partial charge in [-0.2, -0.15) is 0 Å². The highest BCUT2D eigenvalue weighted by atomic mass is 32.1. The number of hydrogen-bond acceptors (Lipinski definition) is 6. The SMILES string of the molecule is Cc1cc2c(s1)C(N1CCCC1CN1CCCC1)=CC(c1ccc(N3CCNCC3)cc1)N2. The summed E-state index contributed by atoms with van der Waals surface area (Å²) in [5.74, 6) is 0. The van der Waals surface area contributed by atoms with Gasteiger partial charge in [-0.15, -0.1) is 11.3 Å². The molecule has 5 nitrogen and oxygen atoms in total. The summed E-state index contributed by atoms with van der Waals surface area (Å²) in [5, 5.41) is 7.30. The molecule has 2 atom stereocenters. The molecule has 6 rings (SSSR count). The maximum Gasteiger partial charge on any atom is 0.0736 e. The highest BCUT2D eigenvalue weighted by Gasteiger charge is 2.33. The van der Waals surface area contributed by atoms with Crippen molar-refractivity contribution in [2.24, 2.45) is 0 Å². The number of nitrogens with zero attached hydrogens (tertiary/aromatic N) is 3. The molecular formula is C27H37N5S. The van der Waals surface area contributed by atoms with Gasteiger partial charge in [0.1, 0.15) is 0 Å². The van der Waals surface area contributed by atoms with Crippen LogP contribution in [0.3, 0.4) is 0 Å². The molecule has 5 heterocycles. The van der Waals surface area contributed by atoms with Gasteiger partial charge in [0.2, 0.25) is 0 Å². The van der Waals surface area contributed by atoms with Gasteiger partial charge in [-0.05, 0) is 75.5 Å². The van der Waals surface area contributed by atoms with E-state index in [4.69, 9.17) is 0 Å². The standard InChI is InChI=1S/C27H37N5S/c1-20-17-25-27(33-20)26(32-14-4-5-23(32)19-30-12-2-3-13-30)18-24(29-25)21-6-8-22(9-7-21)31-15-10-28-11-16-31/h6-9,17-18,23-24,28-29H,2-5,10-16,19H2,1H3. The Morgan fingerprint density at radius 2 is 1.76 bits per heavy atom. The first-order valence-corrected chi connectivity index (χ1v) is 13.7. The third-order valence-corrected chi connectivity index (χ3v) is 8.89. The molecule has 6 heteroatoms. The average molecular weight is 464 g/mol. The van der Waals surface area contributed by atoms with Crippen molar-refractivity contribution in [2.45, 2.75) is 44.7 Å². The molecule has 0 bridgehead atoms. The Morgan fingerprint density at radius 1 is 0.970 bits per heavy atom. The molecule has 0 aliphatic carbocycles. The first-order valence-electron chi connectivity index (χ1n) is 12.9. The zero-order chi connectivity index (χ0) is 22.2. The molecule has 4 aliphatic heterocycles. The highest BCUT2D eigenvalue weighted by Crippen LogP contribution is 2.44. The van der Waals surface area contributed by atoms with Gasteiger partial charge in [0.15, 0.2) is 0 Å². The van der Waals surface area contributed by atoms with Crippen molar-refractivity contribution in [3.05, 3.63) is 51.7 Å². The summed E-state index contributed by atoms with van der Waals surface area (Å²) in [6.45, 7) is 11.6. The van der Waals surface area contributed by atoms with E-state index in [0.717, 1.165) is 26.2 Å². The number of likely N-dealkylation sites (tertiary alicyclic amines) is 2. The lowest BCUT2D eigenvalue weighted by Gasteiger charge is -2.35. The number of anilines is 2. The summed E-state index contributed by atoms with van der Waals surface area (Å²) in [5.41, 5.74) is 5.49. The number of aryl methyl sites for hydroxylation is 1. The molecule has 3 saturated heterocycles. The van der Waals surface area contributed by atoms with Crippen molar-refractivity contribution in [3.63, 3.8) is 0 Å². The van der Waals surface area contributed by atoms with Gasteiger partial charge < -0.3 is 25.3 Å². The van der Waals surface area contributed by atoms with Crippen molar-refractivity contribution in [1.82, 2.24) is 15.1 Å². The largest absolute Gasteiger partial charge is 0.373 e. The van der Waals surface area contributed by atoms with E-state index in [0.29, 0.717) is 6.04 Å².